The first-order valence-corrected chi connectivity index (χ1v) is 9.98. The van der Waals surface area contributed by atoms with Gasteiger partial charge in [0.25, 0.3) is 11.8 Å². The first-order valence-electron chi connectivity index (χ1n) is 8.09. The number of ether oxygens (including phenoxy) is 1. The summed E-state index contributed by atoms with van der Waals surface area (Å²) < 4.78 is 29.8. The van der Waals surface area contributed by atoms with E-state index in [1.165, 1.54) is 6.92 Å². The highest BCUT2D eigenvalue weighted by Gasteiger charge is 2.17. The number of hydrazine groups is 1. The molecule has 2 amide bonds. The number of carbonyl (C=O) groups excluding carboxylic acids is 2. The average Bonchev–Trinajstić information content (AvgIpc) is 2.64. The summed E-state index contributed by atoms with van der Waals surface area (Å²) in [4.78, 5) is 23.6. The topological polar surface area (TPSA) is 114 Å². The molecular formula is C18H21N3O5S. The molecule has 0 aliphatic rings. The second kappa shape index (κ2) is 9.15. The largest absolute Gasteiger partial charge is 0.483 e. The first kappa shape index (κ1) is 20.4. The van der Waals surface area contributed by atoms with E-state index >= 15 is 0 Å². The van der Waals surface area contributed by atoms with Crippen molar-refractivity contribution in [3.63, 3.8) is 0 Å². The molecule has 0 bridgehead atoms. The zero-order chi connectivity index (χ0) is 19.9. The number of sulfonamides is 1. The molecule has 0 unspecified atom stereocenters. The summed E-state index contributed by atoms with van der Waals surface area (Å²) in [7, 11) is -3.53. The van der Waals surface area contributed by atoms with Crippen molar-refractivity contribution in [2.75, 3.05) is 12.9 Å². The molecule has 0 saturated carbocycles. The van der Waals surface area contributed by atoms with Crippen LogP contribution in [0.15, 0.2) is 54.6 Å². The molecule has 3 N–H and O–H groups in total. The van der Waals surface area contributed by atoms with E-state index in [-0.39, 0.29) is 6.61 Å². The van der Waals surface area contributed by atoms with Crippen LogP contribution in [0.25, 0.3) is 11.1 Å². The maximum atomic E-state index is 11.9. The normalized spacial score (nSPS) is 12.1. The highest BCUT2D eigenvalue weighted by atomic mass is 32.2. The van der Waals surface area contributed by atoms with Gasteiger partial charge in [-0.15, -0.1) is 0 Å². The van der Waals surface area contributed by atoms with E-state index in [9.17, 15) is 18.0 Å². The fraction of sp³-hybridized carbons (Fsp3) is 0.222. The number of nitrogens with one attached hydrogen (secondary N) is 3. The number of rotatable bonds is 7. The maximum absolute atomic E-state index is 11.9. The number of carbonyl (C=O) groups is 2. The summed E-state index contributed by atoms with van der Waals surface area (Å²) in [6.07, 6.45) is 0.938. The van der Waals surface area contributed by atoms with E-state index in [2.05, 4.69) is 15.6 Å². The lowest BCUT2D eigenvalue weighted by Crippen LogP contribution is -2.51. The molecule has 0 radical (unpaired) electrons. The molecule has 0 aromatic heterocycles. The molecule has 1 atom stereocenters. The second-order valence-corrected chi connectivity index (χ2v) is 7.58. The fourth-order valence-corrected chi connectivity index (χ4v) is 2.99. The van der Waals surface area contributed by atoms with Gasteiger partial charge < -0.3 is 4.74 Å². The van der Waals surface area contributed by atoms with Crippen molar-refractivity contribution in [3.8, 4) is 16.9 Å². The average molecular weight is 391 g/mol. The van der Waals surface area contributed by atoms with E-state index in [1.54, 1.807) is 12.1 Å². The lowest BCUT2D eigenvalue weighted by Gasteiger charge is -2.14. The molecule has 0 aliphatic carbocycles. The van der Waals surface area contributed by atoms with Gasteiger partial charge in [0.2, 0.25) is 10.0 Å². The Morgan fingerprint density at radius 2 is 1.63 bits per heavy atom. The van der Waals surface area contributed by atoms with Gasteiger partial charge >= 0.3 is 0 Å². The highest BCUT2D eigenvalue weighted by Crippen LogP contribution is 2.29. The Balaban J connectivity index is 1.89. The molecule has 2 aromatic rings. The summed E-state index contributed by atoms with van der Waals surface area (Å²) in [5.74, 6) is -0.756. The zero-order valence-electron chi connectivity index (χ0n) is 14.9. The maximum Gasteiger partial charge on any atom is 0.276 e. The van der Waals surface area contributed by atoms with Crippen LogP contribution in [0.2, 0.25) is 0 Å². The van der Waals surface area contributed by atoms with Crippen LogP contribution in [0.1, 0.15) is 6.92 Å². The molecule has 8 nitrogen and oxygen atoms in total. The van der Waals surface area contributed by atoms with Crippen molar-refractivity contribution in [1.29, 1.82) is 0 Å². The molecular weight excluding hydrogens is 370 g/mol. The molecule has 9 heteroatoms. The Kier molecular flexibility index (Phi) is 6.91. The van der Waals surface area contributed by atoms with Crippen molar-refractivity contribution >= 4 is 21.8 Å². The zero-order valence-corrected chi connectivity index (χ0v) is 15.7. The predicted molar refractivity (Wildman–Crippen MR) is 101 cm³/mol. The Morgan fingerprint density at radius 3 is 2.30 bits per heavy atom. The van der Waals surface area contributed by atoms with Gasteiger partial charge in [-0.1, -0.05) is 48.5 Å². The van der Waals surface area contributed by atoms with Gasteiger partial charge in [0.05, 0.1) is 12.3 Å². The van der Waals surface area contributed by atoms with E-state index in [0.29, 0.717) is 5.75 Å². The molecule has 0 spiro atoms. The van der Waals surface area contributed by atoms with Crippen LogP contribution in [0.3, 0.4) is 0 Å². The summed E-state index contributed by atoms with van der Waals surface area (Å²) >= 11 is 0. The second-order valence-electron chi connectivity index (χ2n) is 5.80. The lowest BCUT2D eigenvalue weighted by molar-refractivity contribution is -0.130. The predicted octanol–water partition coefficient (Wildman–Crippen LogP) is 0.818. The van der Waals surface area contributed by atoms with Gasteiger partial charge in [-0.25, -0.2) is 13.1 Å². The highest BCUT2D eigenvalue weighted by molar-refractivity contribution is 7.88. The van der Waals surface area contributed by atoms with Gasteiger partial charge in [-0.3, -0.25) is 20.4 Å². The molecule has 144 valence electrons. The number of amides is 2. The first-order chi connectivity index (χ1) is 12.8. The molecule has 0 aliphatic heterocycles. The summed E-state index contributed by atoms with van der Waals surface area (Å²) in [5, 5.41) is 0. The van der Waals surface area contributed by atoms with Crippen molar-refractivity contribution in [2.45, 2.75) is 13.0 Å². The number of hydrogen-bond donors (Lipinski definition) is 3. The molecule has 27 heavy (non-hydrogen) atoms. The molecule has 2 aromatic carbocycles. The lowest BCUT2D eigenvalue weighted by atomic mass is 10.1. The van der Waals surface area contributed by atoms with Crippen molar-refractivity contribution < 1.29 is 22.7 Å². The van der Waals surface area contributed by atoms with Crippen LogP contribution >= 0.6 is 0 Å². The summed E-state index contributed by atoms with van der Waals surface area (Å²) in [5.41, 5.74) is 6.10. The summed E-state index contributed by atoms with van der Waals surface area (Å²) in [6.45, 7) is 1.03. The monoisotopic (exact) mass is 391 g/mol. The third kappa shape index (κ3) is 6.72. The third-order valence-electron chi connectivity index (χ3n) is 3.44. The van der Waals surface area contributed by atoms with Gasteiger partial charge in [-0.05, 0) is 18.6 Å². The Labute approximate surface area is 157 Å². The van der Waals surface area contributed by atoms with Crippen LogP contribution < -0.4 is 20.3 Å². The van der Waals surface area contributed by atoms with Crippen LogP contribution in [-0.4, -0.2) is 39.1 Å². The van der Waals surface area contributed by atoms with Crippen LogP contribution in [0.5, 0.6) is 5.75 Å². The van der Waals surface area contributed by atoms with E-state index < -0.39 is 27.9 Å². The number of para-hydroxylation sites is 1. The van der Waals surface area contributed by atoms with Crippen LogP contribution in [0.4, 0.5) is 0 Å². The van der Waals surface area contributed by atoms with E-state index in [4.69, 9.17) is 4.74 Å². The Bertz CT molecular complexity index is 900. The minimum atomic E-state index is -3.53. The Morgan fingerprint density at radius 1 is 1.00 bits per heavy atom. The third-order valence-corrected chi connectivity index (χ3v) is 4.22. The van der Waals surface area contributed by atoms with Gasteiger partial charge in [0.15, 0.2) is 6.61 Å². The van der Waals surface area contributed by atoms with Crippen molar-refractivity contribution in [3.05, 3.63) is 54.6 Å². The quantitative estimate of drug-likeness (QED) is 0.605. The SMILES string of the molecule is C[C@@H](NS(C)(=O)=O)C(=O)NNC(=O)COc1ccccc1-c1ccccc1. The standard InChI is InChI=1S/C18H21N3O5S/c1-13(21-27(2,24)25)18(23)20-19-17(22)12-26-16-11-7-6-10-15(16)14-8-4-3-5-9-14/h3-11,13,21H,12H2,1-2H3,(H,19,22)(H,20,23)/t13-/m1/s1. The molecule has 0 heterocycles. The molecule has 2 rings (SSSR count). The van der Waals surface area contributed by atoms with E-state index in [0.717, 1.165) is 17.4 Å². The van der Waals surface area contributed by atoms with Crippen LogP contribution in [-0.2, 0) is 19.6 Å². The van der Waals surface area contributed by atoms with Crippen LogP contribution in [0, 0.1) is 0 Å². The molecule has 0 fully saturated rings. The number of benzene rings is 2. The van der Waals surface area contributed by atoms with Crippen molar-refractivity contribution in [1.82, 2.24) is 15.6 Å². The Hall–Kier alpha value is -2.91. The smallest absolute Gasteiger partial charge is 0.276 e. The van der Waals surface area contributed by atoms with Gasteiger partial charge in [-0.2, -0.15) is 0 Å². The minimum absolute atomic E-state index is 0.321. The van der Waals surface area contributed by atoms with Crippen molar-refractivity contribution in [2.24, 2.45) is 0 Å². The number of hydrogen-bond acceptors (Lipinski definition) is 5. The fourth-order valence-electron chi connectivity index (χ4n) is 2.24. The molecule has 0 saturated heterocycles. The van der Waals surface area contributed by atoms with E-state index in [1.807, 2.05) is 42.5 Å². The van der Waals surface area contributed by atoms with Gasteiger partial charge in [0.1, 0.15) is 5.75 Å². The summed E-state index contributed by atoms with van der Waals surface area (Å²) in [6, 6.07) is 15.8. The minimum Gasteiger partial charge on any atom is -0.483 e. The van der Waals surface area contributed by atoms with Gasteiger partial charge in [0, 0.05) is 5.56 Å².